The number of carbonyl (C=O) groups excluding carboxylic acids is 1. The third-order valence-electron chi connectivity index (χ3n) is 2.55. The van der Waals surface area contributed by atoms with Crippen LogP contribution in [-0.2, 0) is 16.0 Å². The summed E-state index contributed by atoms with van der Waals surface area (Å²) in [5.74, 6) is -1.43. The monoisotopic (exact) mass is 316 g/mol. The molecular weight excluding hydrogens is 304 g/mol. The first kappa shape index (κ1) is 16.0. The highest BCUT2D eigenvalue weighted by Crippen LogP contribution is 2.25. The standard InChI is InChI=1S/C14H12N4O5/c1-8(19)23-11-6-13(17-15-7-11)18-16-10-2-3-12(20)9(4-10)5-14(21)22/h2-4,6-7,20H,5H2,1H3,(H,21,22)/b18-16+. The SMILES string of the molecule is CC(=O)Oc1cnnc(/N=N/c2ccc(O)c(CC(=O)O)c2)c1. The Kier molecular flexibility index (Phi) is 4.92. The van der Waals surface area contributed by atoms with Gasteiger partial charge in [0.25, 0.3) is 0 Å². The lowest BCUT2D eigenvalue weighted by Crippen LogP contribution is -2.01. The number of carboxylic acids is 1. The third-order valence-corrected chi connectivity index (χ3v) is 2.55. The number of hydrogen-bond acceptors (Lipinski definition) is 8. The maximum atomic E-state index is 10.9. The number of benzene rings is 1. The zero-order chi connectivity index (χ0) is 16.8. The van der Waals surface area contributed by atoms with Gasteiger partial charge in [-0.3, -0.25) is 9.59 Å². The zero-order valence-electron chi connectivity index (χ0n) is 12.0. The van der Waals surface area contributed by atoms with Crippen molar-refractivity contribution < 1.29 is 24.5 Å². The van der Waals surface area contributed by atoms with E-state index in [4.69, 9.17) is 9.84 Å². The summed E-state index contributed by atoms with van der Waals surface area (Å²) in [6.07, 6.45) is 0.920. The highest BCUT2D eigenvalue weighted by atomic mass is 16.5. The summed E-state index contributed by atoms with van der Waals surface area (Å²) in [5, 5.41) is 33.4. The Balaban J connectivity index is 2.20. The first-order valence-electron chi connectivity index (χ1n) is 6.40. The summed E-state index contributed by atoms with van der Waals surface area (Å²) in [7, 11) is 0. The first-order valence-corrected chi connectivity index (χ1v) is 6.40. The van der Waals surface area contributed by atoms with Gasteiger partial charge >= 0.3 is 11.9 Å². The van der Waals surface area contributed by atoms with E-state index in [1.165, 1.54) is 37.4 Å². The second-order valence-corrected chi connectivity index (χ2v) is 4.43. The van der Waals surface area contributed by atoms with Gasteiger partial charge in [0.15, 0.2) is 11.6 Å². The van der Waals surface area contributed by atoms with Crippen LogP contribution in [0.1, 0.15) is 12.5 Å². The van der Waals surface area contributed by atoms with Crippen molar-refractivity contribution in [3.05, 3.63) is 36.0 Å². The number of nitrogens with zero attached hydrogens (tertiary/aromatic N) is 4. The van der Waals surface area contributed by atoms with Crippen LogP contribution in [0.15, 0.2) is 40.7 Å². The quantitative estimate of drug-likeness (QED) is 0.637. The van der Waals surface area contributed by atoms with Crippen LogP contribution in [0.4, 0.5) is 11.5 Å². The molecule has 1 aromatic heterocycles. The van der Waals surface area contributed by atoms with Crippen molar-refractivity contribution in [3.63, 3.8) is 0 Å². The molecule has 0 amide bonds. The Morgan fingerprint density at radius 1 is 1.26 bits per heavy atom. The summed E-state index contributed by atoms with van der Waals surface area (Å²) < 4.78 is 4.84. The molecule has 0 saturated carbocycles. The number of hydrogen-bond donors (Lipinski definition) is 2. The number of aromatic hydroxyl groups is 1. The Hall–Kier alpha value is -3.36. The summed E-state index contributed by atoms with van der Waals surface area (Å²) in [6.45, 7) is 1.25. The van der Waals surface area contributed by atoms with Gasteiger partial charge in [-0.1, -0.05) is 0 Å². The summed E-state index contributed by atoms with van der Waals surface area (Å²) in [4.78, 5) is 21.6. The van der Waals surface area contributed by atoms with Gasteiger partial charge in [0.2, 0.25) is 0 Å². The predicted octanol–water partition coefficient (Wildman–Crippen LogP) is 2.15. The van der Waals surface area contributed by atoms with Crippen LogP contribution in [0, 0.1) is 0 Å². The molecule has 1 heterocycles. The van der Waals surface area contributed by atoms with Crippen LogP contribution < -0.4 is 4.74 Å². The van der Waals surface area contributed by atoms with Crippen molar-refractivity contribution in [2.75, 3.05) is 0 Å². The minimum absolute atomic E-state index is 0.108. The van der Waals surface area contributed by atoms with E-state index in [-0.39, 0.29) is 29.3 Å². The van der Waals surface area contributed by atoms with Crippen LogP contribution in [0.25, 0.3) is 0 Å². The smallest absolute Gasteiger partial charge is 0.308 e. The number of ether oxygens (including phenoxy) is 1. The Bertz CT molecular complexity index is 776. The average molecular weight is 316 g/mol. The van der Waals surface area contributed by atoms with E-state index in [1.807, 2.05) is 0 Å². The van der Waals surface area contributed by atoms with Gasteiger partial charge in [-0.25, -0.2) is 0 Å². The van der Waals surface area contributed by atoms with Crippen molar-refractivity contribution in [1.82, 2.24) is 10.2 Å². The number of phenols is 1. The number of carbonyl (C=O) groups is 2. The van der Waals surface area contributed by atoms with Crippen LogP contribution in [0.2, 0.25) is 0 Å². The Morgan fingerprint density at radius 3 is 2.74 bits per heavy atom. The molecule has 2 rings (SSSR count). The fourth-order valence-corrected chi connectivity index (χ4v) is 1.66. The molecule has 2 aromatic rings. The van der Waals surface area contributed by atoms with Crippen molar-refractivity contribution in [2.45, 2.75) is 13.3 Å². The van der Waals surface area contributed by atoms with Crippen molar-refractivity contribution in [3.8, 4) is 11.5 Å². The predicted molar refractivity (Wildman–Crippen MR) is 77.0 cm³/mol. The molecule has 1 aromatic carbocycles. The normalized spacial score (nSPS) is 10.7. The largest absolute Gasteiger partial charge is 0.508 e. The van der Waals surface area contributed by atoms with Crippen molar-refractivity contribution >= 4 is 23.4 Å². The molecule has 2 N–H and O–H groups in total. The summed E-state index contributed by atoms with van der Waals surface area (Å²) in [5.41, 5.74) is 0.549. The summed E-state index contributed by atoms with van der Waals surface area (Å²) in [6, 6.07) is 5.56. The molecule has 0 unspecified atom stereocenters. The van der Waals surface area contributed by atoms with Gasteiger partial charge in [-0.05, 0) is 18.2 Å². The van der Waals surface area contributed by atoms with Crippen molar-refractivity contribution in [2.24, 2.45) is 10.2 Å². The number of aromatic nitrogens is 2. The molecule has 0 spiro atoms. The van der Waals surface area contributed by atoms with Crippen LogP contribution in [-0.4, -0.2) is 32.3 Å². The third kappa shape index (κ3) is 4.84. The lowest BCUT2D eigenvalue weighted by molar-refractivity contribution is -0.136. The topological polar surface area (TPSA) is 134 Å². The van der Waals surface area contributed by atoms with E-state index >= 15 is 0 Å². The van der Waals surface area contributed by atoms with Gasteiger partial charge in [0.05, 0.1) is 18.3 Å². The Labute approximate surface area is 130 Å². The van der Waals surface area contributed by atoms with Gasteiger partial charge in [0.1, 0.15) is 5.75 Å². The highest BCUT2D eigenvalue weighted by molar-refractivity contribution is 5.72. The number of phenolic OH excluding ortho intramolecular Hbond substituents is 1. The molecule has 0 aliphatic heterocycles. The van der Waals surface area contributed by atoms with Crippen LogP contribution in [0.3, 0.4) is 0 Å². The molecule has 0 aliphatic rings. The van der Waals surface area contributed by atoms with Gasteiger partial charge in [-0.15, -0.1) is 15.3 Å². The van der Waals surface area contributed by atoms with Gasteiger partial charge < -0.3 is 14.9 Å². The maximum absolute atomic E-state index is 10.9. The number of azo groups is 1. The van der Waals surface area contributed by atoms with Crippen LogP contribution >= 0.6 is 0 Å². The molecular formula is C14H12N4O5. The molecule has 0 saturated heterocycles. The lowest BCUT2D eigenvalue weighted by Gasteiger charge is -2.02. The summed E-state index contributed by atoms with van der Waals surface area (Å²) >= 11 is 0. The van der Waals surface area contributed by atoms with E-state index < -0.39 is 11.9 Å². The minimum Gasteiger partial charge on any atom is -0.508 e. The Morgan fingerprint density at radius 2 is 2.04 bits per heavy atom. The minimum atomic E-state index is -1.07. The van der Waals surface area contributed by atoms with E-state index in [0.29, 0.717) is 5.69 Å². The zero-order valence-corrected chi connectivity index (χ0v) is 12.0. The average Bonchev–Trinajstić information content (AvgIpc) is 2.47. The van der Waals surface area contributed by atoms with E-state index in [2.05, 4.69) is 20.4 Å². The van der Waals surface area contributed by atoms with E-state index in [1.54, 1.807) is 0 Å². The van der Waals surface area contributed by atoms with E-state index in [0.717, 1.165) is 0 Å². The molecule has 9 heteroatoms. The number of rotatable bonds is 5. The number of aliphatic carboxylic acids is 1. The number of carboxylic acid groups (broad SMARTS) is 1. The highest BCUT2D eigenvalue weighted by Gasteiger charge is 2.07. The molecule has 0 bridgehead atoms. The number of esters is 1. The molecule has 0 fully saturated rings. The molecule has 9 nitrogen and oxygen atoms in total. The van der Waals surface area contributed by atoms with Crippen molar-refractivity contribution in [1.29, 1.82) is 0 Å². The molecule has 118 valence electrons. The molecule has 0 aliphatic carbocycles. The molecule has 23 heavy (non-hydrogen) atoms. The fraction of sp³-hybridized carbons (Fsp3) is 0.143. The lowest BCUT2D eigenvalue weighted by atomic mass is 10.1. The van der Waals surface area contributed by atoms with Gasteiger partial charge in [0, 0.05) is 18.6 Å². The van der Waals surface area contributed by atoms with Crippen LogP contribution in [0.5, 0.6) is 11.5 Å². The van der Waals surface area contributed by atoms with Gasteiger partial charge in [-0.2, -0.15) is 5.10 Å². The second kappa shape index (κ2) is 7.07. The first-order chi connectivity index (χ1) is 10.9. The fourth-order valence-electron chi connectivity index (χ4n) is 1.66. The maximum Gasteiger partial charge on any atom is 0.308 e. The molecule has 0 atom stereocenters. The molecule has 0 radical (unpaired) electrons. The van der Waals surface area contributed by atoms with E-state index in [9.17, 15) is 14.7 Å². The second-order valence-electron chi connectivity index (χ2n) is 4.43.